The highest BCUT2D eigenvalue weighted by atomic mass is 32.1. The summed E-state index contributed by atoms with van der Waals surface area (Å²) in [6.45, 7) is 6.99. The van der Waals surface area contributed by atoms with E-state index in [0.717, 1.165) is 6.42 Å². The number of rotatable bonds is 5. The van der Waals surface area contributed by atoms with Crippen molar-refractivity contribution in [2.75, 3.05) is 13.1 Å². The van der Waals surface area contributed by atoms with Crippen LogP contribution in [-0.4, -0.2) is 36.0 Å². The van der Waals surface area contributed by atoms with Crippen LogP contribution in [-0.2, 0) is 4.79 Å². The maximum atomic E-state index is 12.3. The van der Waals surface area contributed by atoms with E-state index in [-0.39, 0.29) is 24.0 Å². The Hall–Kier alpha value is -1.56. The van der Waals surface area contributed by atoms with E-state index in [1.165, 1.54) is 11.8 Å². The van der Waals surface area contributed by atoms with Gasteiger partial charge in [0.1, 0.15) is 0 Å². The predicted molar refractivity (Wildman–Crippen MR) is 84.2 cm³/mol. The van der Waals surface area contributed by atoms with E-state index in [1.807, 2.05) is 11.4 Å². The van der Waals surface area contributed by atoms with Crippen LogP contribution in [0.5, 0.6) is 0 Å². The molecular formula is C15H23N3O2S. The predicted octanol–water partition coefficient (Wildman–Crippen LogP) is 2.37. The van der Waals surface area contributed by atoms with E-state index in [2.05, 4.69) is 30.5 Å². The normalized spacial score (nSPS) is 16.5. The van der Waals surface area contributed by atoms with Crippen LogP contribution < -0.4 is 10.6 Å². The summed E-state index contributed by atoms with van der Waals surface area (Å²) < 4.78 is 0. The minimum atomic E-state index is -0.0457. The average Bonchev–Trinajstić information content (AvgIpc) is 2.85. The molecule has 2 N–H and O–H groups in total. The molecule has 1 aliphatic heterocycles. The number of likely N-dealkylation sites (tertiary alicyclic amines) is 1. The van der Waals surface area contributed by atoms with Gasteiger partial charge in [-0.25, -0.2) is 4.79 Å². The number of nitrogens with one attached hydrogen (secondary N) is 2. The van der Waals surface area contributed by atoms with Gasteiger partial charge < -0.3 is 15.5 Å². The molecule has 3 amide bonds. The monoisotopic (exact) mass is 309 g/mol. The highest BCUT2D eigenvalue weighted by Gasteiger charge is 2.32. The first-order chi connectivity index (χ1) is 9.95. The Kier molecular flexibility index (Phi) is 5.22. The Bertz CT molecular complexity index is 481. The van der Waals surface area contributed by atoms with Crippen molar-refractivity contribution in [1.82, 2.24) is 15.5 Å². The molecule has 0 aromatic carbocycles. The molecule has 0 spiro atoms. The highest BCUT2D eigenvalue weighted by molar-refractivity contribution is 7.10. The fraction of sp³-hybridized carbons (Fsp3) is 0.600. The van der Waals surface area contributed by atoms with Crippen molar-refractivity contribution in [3.05, 3.63) is 22.4 Å². The summed E-state index contributed by atoms with van der Waals surface area (Å²) in [5, 5.41) is 7.96. The Morgan fingerprint density at radius 2 is 2.14 bits per heavy atom. The number of thiophene rings is 1. The molecule has 1 aromatic rings. The van der Waals surface area contributed by atoms with E-state index in [0.29, 0.717) is 19.0 Å². The number of amides is 3. The van der Waals surface area contributed by atoms with E-state index >= 15 is 0 Å². The van der Waals surface area contributed by atoms with Crippen LogP contribution >= 0.6 is 11.3 Å². The molecule has 116 valence electrons. The number of nitrogens with zero attached hydrogens (tertiary/aromatic N) is 1. The largest absolute Gasteiger partial charge is 0.350 e. The lowest BCUT2D eigenvalue weighted by Crippen LogP contribution is -2.62. The summed E-state index contributed by atoms with van der Waals surface area (Å²) in [7, 11) is 0. The van der Waals surface area contributed by atoms with Gasteiger partial charge in [0.05, 0.1) is 12.1 Å². The van der Waals surface area contributed by atoms with Crippen molar-refractivity contribution in [1.29, 1.82) is 0 Å². The first-order valence-electron chi connectivity index (χ1n) is 7.31. The topological polar surface area (TPSA) is 61.4 Å². The van der Waals surface area contributed by atoms with Crippen LogP contribution in [0.2, 0.25) is 0 Å². The standard InChI is InChI=1S/C15H23N3O2S/c1-10(2)7-13(14-5-4-6-21-14)17-15(20)18-8-12(9-18)16-11(3)19/h4-6,10,12-13H,7-9H2,1-3H3,(H,16,19)(H,17,20). The second-order valence-corrected chi connectivity index (χ2v) is 6.93. The molecule has 0 aliphatic carbocycles. The van der Waals surface area contributed by atoms with E-state index in [4.69, 9.17) is 0 Å². The van der Waals surface area contributed by atoms with Gasteiger partial charge in [-0.15, -0.1) is 11.3 Å². The van der Waals surface area contributed by atoms with E-state index in [1.54, 1.807) is 16.2 Å². The van der Waals surface area contributed by atoms with Gasteiger partial charge in [-0.3, -0.25) is 4.79 Å². The second-order valence-electron chi connectivity index (χ2n) is 5.95. The summed E-state index contributed by atoms with van der Waals surface area (Å²) in [4.78, 5) is 26.1. The smallest absolute Gasteiger partial charge is 0.318 e. The minimum Gasteiger partial charge on any atom is -0.350 e. The molecule has 2 rings (SSSR count). The Morgan fingerprint density at radius 1 is 1.43 bits per heavy atom. The summed E-state index contributed by atoms with van der Waals surface area (Å²) in [5.41, 5.74) is 0. The van der Waals surface area contributed by atoms with Crippen LogP contribution in [0.1, 0.15) is 38.1 Å². The van der Waals surface area contributed by atoms with Crippen LogP contribution in [0.15, 0.2) is 17.5 Å². The zero-order valence-corrected chi connectivity index (χ0v) is 13.6. The van der Waals surface area contributed by atoms with Crippen molar-refractivity contribution in [2.24, 2.45) is 5.92 Å². The fourth-order valence-corrected chi connectivity index (χ4v) is 3.26. The summed E-state index contributed by atoms with van der Waals surface area (Å²) >= 11 is 1.67. The first-order valence-corrected chi connectivity index (χ1v) is 8.19. The number of hydrogen-bond acceptors (Lipinski definition) is 3. The third-order valence-electron chi connectivity index (χ3n) is 3.47. The number of carbonyl (C=O) groups excluding carboxylic acids is 2. The molecule has 1 atom stereocenters. The van der Waals surface area contributed by atoms with Gasteiger partial charge in [0, 0.05) is 24.9 Å². The number of urea groups is 1. The lowest BCUT2D eigenvalue weighted by atomic mass is 10.0. The lowest BCUT2D eigenvalue weighted by molar-refractivity contribution is -0.120. The molecule has 2 heterocycles. The molecule has 5 nitrogen and oxygen atoms in total. The first kappa shape index (κ1) is 15.8. The molecule has 0 radical (unpaired) electrons. The van der Waals surface area contributed by atoms with Gasteiger partial charge in [0.15, 0.2) is 0 Å². The zero-order chi connectivity index (χ0) is 15.4. The Morgan fingerprint density at radius 3 is 2.67 bits per heavy atom. The fourth-order valence-electron chi connectivity index (χ4n) is 2.47. The van der Waals surface area contributed by atoms with E-state index in [9.17, 15) is 9.59 Å². The maximum absolute atomic E-state index is 12.3. The molecule has 1 aromatic heterocycles. The van der Waals surface area contributed by atoms with Gasteiger partial charge in [0.25, 0.3) is 0 Å². The van der Waals surface area contributed by atoms with Gasteiger partial charge in [-0.05, 0) is 23.8 Å². The summed E-state index contributed by atoms with van der Waals surface area (Å²) in [6, 6.07) is 4.19. The van der Waals surface area contributed by atoms with Gasteiger partial charge in [0.2, 0.25) is 5.91 Å². The van der Waals surface area contributed by atoms with Crippen molar-refractivity contribution in [3.8, 4) is 0 Å². The third-order valence-corrected chi connectivity index (χ3v) is 4.45. The zero-order valence-electron chi connectivity index (χ0n) is 12.8. The maximum Gasteiger partial charge on any atom is 0.318 e. The van der Waals surface area contributed by atoms with Crippen molar-refractivity contribution in [3.63, 3.8) is 0 Å². The summed E-state index contributed by atoms with van der Waals surface area (Å²) in [5.74, 6) is 0.470. The third kappa shape index (κ3) is 4.46. The molecule has 6 heteroatoms. The van der Waals surface area contributed by atoms with Crippen LogP contribution in [0.25, 0.3) is 0 Å². The molecular weight excluding hydrogens is 286 g/mol. The van der Waals surface area contributed by atoms with Gasteiger partial charge in [-0.2, -0.15) is 0 Å². The van der Waals surface area contributed by atoms with Gasteiger partial charge >= 0.3 is 6.03 Å². The van der Waals surface area contributed by atoms with Crippen molar-refractivity contribution >= 4 is 23.3 Å². The van der Waals surface area contributed by atoms with E-state index < -0.39 is 0 Å². The van der Waals surface area contributed by atoms with Crippen molar-refractivity contribution in [2.45, 2.75) is 39.3 Å². The average molecular weight is 309 g/mol. The molecule has 0 saturated carbocycles. The Labute approximate surface area is 129 Å². The lowest BCUT2D eigenvalue weighted by Gasteiger charge is -2.40. The van der Waals surface area contributed by atoms with Crippen LogP contribution in [0.3, 0.4) is 0 Å². The molecule has 0 bridgehead atoms. The SMILES string of the molecule is CC(=O)NC1CN(C(=O)NC(CC(C)C)c2cccs2)C1. The van der Waals surface area contributed by atoms with Crippen molar-refractivity contribution < 1.29 is 9.59 Å². The molecule has 1 saturated heterocycles. The van der Waals surface area contributed by atoms with Crippen LogP contribution in [0, 0.1) is 5.92 Å². The molecule has 1 aliphatic rings. The van der Waals surface area contributed by atoms with Crippen LogP contribution in [0.4, 0.5) is 4.79 Å². The number of carbonyl (C=O) groups is 2. The quantitative estimate of drug-likeness (QED) is 0.877. The van der Waals surface area contributed by atoms with Gasteiger partial charge in [-0.1, -0.05) is 19.9 Å². The summed E-state index contributed by atoms with van der Waals surface area (Å²) in [6.07, 6.45) is 0.926. The molecule has 21 heavy (non-hydrogen) atoms. The minimum absolute atomic E-state index is 0.0451. The Balaban J connectivity index is 1.86. The molecule has 1 fully saturated rings. The molecule has 1 unspecified atom stereocenters. The number of hydrogen-bond donors (Lipinski definition) is 2. The second kappa shape index (κ2) is 6.93. The highest BCUT2D eigenvalue weighted by Crippen LogP contribution is 2.25.